The van der Waals surface area contributed by atoms with E-state index in [0.29, 0.717) is 12.8 Å². The van der Waals surface area contributed by atoms with Gasteiger partial charge in [0.25, 0.3) is 0 Å². The molecule has 2 aliphatic carbocycles. The third-order valence-electron chi connectivity index (χ3n) is 5.63. The minimum absolute atomic E-state index is 0.0332. The lowest BCUT2D eigenvalue weighted by Crippen LogP contribution is -2.39. The lowest BCUT2D eigenvalue weighted by molar-refractivity contribution is -0.140. The van der Waals surface area contributed by atoms with Gasteiger partial charge in [0.2, 0.25) is 17.7 Å². The number of fused-ring (bicyclic) bond motifs is 1. The van der Waals surface area contributed by atoms with Crippen molar-refractivity contribution in [2.45, 2.75) is 70.3 Å². The second-order valence-corrected chi connectivity index (χ2v) is 7.34. The number of rotatable bonds is 4. The van der Waals surface area contributed by atoms with Gasteiger partial charge < -0.3 is 5.32 Å². The second-order valence-electron chi connectivity index (χ2n) is 7.34. The minimum Gasteiger partial charge on any atom is -0.353 e. The Kier molecular flexibility index (Phi) is 5.69. The van der Waals surface area contributed by atoms with Crippen LogP contribution in [0, 0.1) is 11.8 Å². The number of imide groups is 1. The standard InChI is InChI=1S/C19H28N2O3/c22-17(20-14-8-4-2-1-3-5-9-14)12-13-21-18(23)15-10-6-7-11-16(15)19(21)24/h6-7,14-16H,1-5,8-13H2,(H,20,22)/t15-,16-/m0/s1. The normalized spacial score (nSPS) is 28.4. The van der Waals surface area contributed by atoms with Crippen molar-refractivity contribution in [1.29, 1.82) is 0 Å². The van der Waals surface area contributed by atoms with Gasteiger partial charge in [0, 0.05) is 19.0 Å². The Hall–Kier alpha value is -1.65. The number of carbonyl (C=O) groups is 3. The highest BCUT2D eigenvalue weighted by atomic mass is 16.2. The summed E-state index contributed by atoms with van der Waals surface area (Å²) in [6.07, 6.45) is 13.7. The van der Waals surface area contributed by atoms with Crippen LogP contribution in [-0.4, -0.2) is 35.2 Å². The van der Waals surface area contributed by atoms with E-state index in [9.17, 15) is 14.4 Å². The molecule has 0 radical (unpaired) electrons. The predicted octanol–water partition coefficient (Wildman–Crippen LogP) is 2.56. The van der Waals surface area contributed by atoms with Crippen LogP contribution in [0.25, 0.3) is 0 Å². The molecule has 0 spiro atoms. The molecule has 1 aliphatic heterocycles. The van der Waals surface area contributed by atoms with Gasteiger partial charge in [0.05, 0.1) is 11.8 Å². The molecule has 2 atom stereocenters. The van der Waals surface area contributed by atoms with Crippen molar-refractivity contribution in [2.24, 2.45) is 11.8 Å². The van der Waals surface area contributed by atoms with Crippen molar-refractivity contribution < 1.29 is 14.4 Å². The quantitative estimate of drug-likeness (QED) is 0.635. The van der Waals surface area contributed by atoms with E-state index in [4.69, 9.17) is 0 Å². The number of nitrogens with zero attached hydrogens (tertiary/aromatic N) is 1. The third kappa shape index (κ3) is 3.87. The van der Waals surface area contributed by atoms with Crippen LogP contribution in [0.2, 0.25) is 0 Å². The topological polar surface area (TPSA) is 66.5 Å². The summed E-state index contributed by atoms with van der Waals surface area (Å²) < 4.78 is 0. The number of likely N-dealkylation sites (tertiary alicyclic amines) is 1. The molecule has 1 saturated heterocycles. The molecule has 1 saturated carbocycles. The van der Waals surface area contributed by atoms with Gasteiger partial charge >= 0.3 is 0 Å². The molecule has 0 aromatic rings. The smallest absolute Gasteiger partial charge is 0.233 e. The Labute approximate surface area is 143 Å². The van der Waals surface area contributed by atoms with Crippen molar-refractivity contribution >= 4 is 17.7 Å². The average molecular weight is 332 g/mol. The first-order valence-electron chi connectivity index (χ1n) is 9.46. The van der Waals surface area contributed by atoms with E-state index in [1.54, 1.807) is 0 Å². The molecule has 5 nitrogen and oxygen atoms in total. The molecule has 2 fully saturated rings. The lowest BCUT2D eigenvalue weighted by atomic mass is 9.85. The molecule has 3 aliphatic rings. The summed E-state index contributed by atoms with van der Waals surface area (Å²) >= 11 is 0. The Morgan fingerprint density at radius 3 is 2.08 bits per heavy atom. The minimum atomic E-state index is -0.198. The number of amides is 3. The molecule has 24 heavy (non-hydrogen) atoms. The number of allylic oxidation sites excluding steroid dienone is 2. The number of nitrogens with one attached hydrogen (secondary N) is 1. The molecule has 1 N–H and O–H groups in total. The van der Waals surface area contributed by atoms with Crippen molar-refractivity contribution in [2.75, 3.05) is 6.54 Å². The highest BCUT2D eigenvalue weighted by Gasteiger charge is 2.46. The van der Waals surface area contributed by atoms with E-state index in [1.165, 1.54) is 37.0 Å². The summed E-state index contributed by atoms with van der Waals surface area (Å²) in [7, 11) is 0. The average Bonchev–Trinajstić information content (AvgIpc) is 2.80. The molecular formula is C19H28N2O3. The van der Waals surface area contributed by atoms with Crippen molar-refractivity contribution in [3.63, 3.8) is 0 Å². The second kappa shape index (κ2) is 7.95. The maximum Gasteiger partial charge on any atom is 0.233 e. The van der Waals surface area contributed by atoms with Crippen LogP contribution >= 0.6 is 0 Å². The van der Waals surface area contributed by atoms with E-state index in [-0.39, 0.29) is 48.6 Å². The molecule has 132 valence electrons. The Morgan fingerprint density at radius 1 is 0.958 bits per heavy atom. The first-order valence-corrected chi connectivity index (χ1v) is 9.46. The Bertz CT molecular complexity index is 495. The van der Waals surface area contributed by atoms with Gasteiger partial charge in [-0.15, -0.1) is 0 Å². The van der Waals surface area contributed by atoms with Gasteiger partial charge in [-0.2, -0.15) is 0 Å². The van der Waals surface area contributed by atoms with Crippen LogP contribution in [0.5, 0.6) is 0 Å². The highest BCUT2D eigenvalue weighted by Crippen LogP contribution is 2.35. The molecule has 0 unspecified atom stereocenters. The van der Waals surface area contributed by atoms with Gasteiger partial charge in [0.1, 0.15) is 0 Å². The van der Waals surface area contributed by atoms with Gasteiger partial charge in [-0.25, -0.2) is 0 Å². The van der Waals surface area contributed by atoms with E-state index < -0.39 is 0 Å². The van der Waals surface area contributed by atoms with Crippen LogP contribution in [0.1, 0.15) is 64.2 Å². The summed E-state index contributed by atoms with van der Waals surface area (Å²) in [5.41, 5.74) is 0. The van der Waals surface area contributed by atoms with Crippen molar-refractivity contribution in [3.05, 3.63) is 12.2 Å². The van der Waals surface area contributed by atoms with E-state index >= 15 is 0 Å². The molecule has 3 amide bonds. The molecule has 5 heteroatoms. The summed E-state index contributed by atoms with van der Waals surface area (Å²) in [5.74, 6) is -0.609. The lowest BCUT2D eigenvalue weighted by Gasteiger charge is -2.21. The first kappa shape index (κ1) is 17.2. The van der Waals surface area contributed by atoms with E-state index in [0.717, 1.165) is 12.8 Å². The van der Waals surface area contributed by atoms with Crippen LogP contribution < -0.4 is 5.32 Å². The molecule has 3 rings (SSSR count). The molecular weight excluding hydrogens is 304 g/mol. The number of carbonyl (C=O) groups excluding carboxylic acids is 3. The van der Waals surface area contributed by atoms with Crippen molar-refractivity contribution in [3.8, 4) is 0 Å². The Morgan fingerprint density at radius 2 is 1.50 bits per heavy atom. The maximum atomic E-state index is 12.4. The van der Waals surface area contributed by atoms with Gasteiger partial charge in [-0.05, 0) is 25.7 Å². The third-order valence-corrected chi connectivity index (χ3v) is 5.63. The van der Waals surface area contributed by atoms with Crippen LogP contribution in [0.3, 0.4) is 0 Å². The maximum absolute atomic E-state index is 12.4. The fourth-order valence-electron chi connectivity index (χ4n) is 4.20. The highest BCUT2D eigenvalue weighted by molar-refractivity contribution is 6.05. The molecule has 0 aromatic carbocycles. The van der Waals surface area contributed by atoms with Crippen LogP contribution in [0.15, 0.2) is 12.2 Å². The SMILES string of the molecule is O=C(CCN1C(=O)[C@H]2CC=CC[C@@H]2C1=O)NC1CCCCCCC1. The van der Waals surface area contributed by atoms with Crippen LogP contribution in [-0.2, 0) is 14.4 Å². The summed E-state index contributed by atoms with van der Waals surface area (Å²) in [4.78, 5) is 38.3. The van der Waals surface area contributed by atoms with E-state index in [1.807, 2.05) is 12.2 Å². The largest absolute Gasteiger partial charge is 0.353 e. The predicted molar refractivity (Wildman–Crippen MR) is 90.9 cm³/mol. The summed E-state index contributed by atoms with van der Waals surface area (Å²) in [6.45, 7) is 0.225. The summed E-state index contributed by atoms with van der Waals surface area (Å²) in [6, 6.07) is 0.259. The number of hydrogen-bond acceptors (Lipinski definition) is 3. The summed E-state index contributed by atoms with van der Waals surface area (Å²) in [5, 5.41) is 3.10. The Balaban J connectivity index is 1.47. The first-order chi connectivity index (χ1) is 11.7. The van der Waals surface area contributed by atoms with Gasteiger partial charge in [-0.1, -0.05) is 44.3 Å². The number of hydrogen-bond donors (Lipinski definition) is 1. The zero-order valence-electron chi connectivity index (χ0n) is 14.3. The van der Waals surface area contributed by atoms with Gasteiger partial charge in [-0.3, -0.25) is 19.3 Å². The van der Waals surface area contributed by atoms with E-state index in [2.05, 4.69) is 5.32 Å². The molecule has 1 heterocycles. The zero-order chi connectivity index (χ0) is 16.9. The van der Waals surface area contributed by atoms with Gasteiger partial charge in [0.15, 0.2) is 0 Å². The van der Waals surface area contributed by atoms with Crippen LogP contribution in [0.4, 0.5) is 0 Å². The van der Waals surface area contributed by atoms with Crippen molar-refractivity contribution in [1.82, 2.24) is 10.2 Å². The monoisotopic (exact) mass is 332 g/mol. The fourth-order valence-corrected chi connectivity index (χ4v) is 4.20. The fraction of sp³-hybridized carbons (Fsp3) is 0.737. The zero-order valence-corrected chi connectivity index (χ0v) is 14.3. The molecule has 0 aromatic heterocycles. The molecule has 0 bridgehead atoms.